The summed E-state index contributed by atoms with van der Waals surface area (Å²) in [5.74, 6) is 1.47. The van der Waals surface area contributed by atoms with Crippen molar-refractivity contribution < 1.29 is 0 Å². The van der Waals surface area contributed by atoms with E-state index in [-0.39, 0.29) is 0 Å². The van der Waals surface area contributed by atoms with Crippen molar-refractivity contribution in [3.8, 4) is 0 Å². The Hall–Kier alpha value is -1.46. The molecule has 0 spiro atoms. The lowest BCUT2D eigenvalue weighted by Gasteiger charge is -2.26. The molecule has 5 nitrogen and oxygen atoms in total. The van der Waals surface area contributed by atoms with Crippen molar-refractivity contribution in [3.05, 3.63) is 29.7 Å². The molecule has 0 bridgehead atoms. The Morgan fingerprint density at radius 3 is 2.83 bits per heavy atom. The number of likely N-dealkylation sites (tertiary alicyclic amines) is 1. The second-order valence-corrected chi connectivity index (χ2v) is 5.04. The van der Waals surface area contributed by atoms with Gasteiger partial charge in [-0.25, -0.2) is 9.50 Å². The van der Waals surface area contributed by atoms with Crippen LogP contribution in [-0.4, -0.2) is 39.6 Å². The highest BCUT2D eigenvalue weighted by atomic mass is 15.3. The number of hydrogen-bond acceptors (Lipinski definition) is 4. The van der Waals surface area contributed by atoms with E-state index in [0.717, 1.165) is 43.1 Å². The summed E-state index contributed by atoms with van der Waals surface area (Å²) < 4.78 is 1.88. The first-order chi connectivity index (χ1) is 8.78. The van der Waals surface area contributed by atoms with Gasteiger partial charge in [0.05, 0.1) is 5.69 Å². The standard InChI is InChI=1S/C13H19N5/c1-17-7-5-10(6-8-17)13-15-12-4-2-3-11(9-14)18(12)16-13/h2-4,10H,5-9,14H2,1H3. The van der Waals surface area contributed by atoms with Gasteiger partial charge in [0.15, 0.2) is 11.5 Å². The minimum atomic E-state index is 0.492. The maximum absolute atomic E-state index is 5.73. The van der Waals surface area contributed by atoms with E-state index >= 15 is 0 Å². The summed E-state index contributed by atoms with van der Waals surface area (Å²) in [6.45, 7) is 2.75. The average molecular weight is 245 g/mol. The molecule has 0 aromatic carbocycles. The second-order valence-electron chi connectivity index (χ2n) is 5.04. The monoisotopic (exact) mass is 245 g/mol. The zero-order valence-corrected chi connectivity index (χ0v) is 10.7. The molecule has 2 aromatic rings. The molecule has 3 heterocycles. The maximum atomic E-state index is 5.73. The first-order valence-electron chi connectivity index (χ1n) is 6.51. The van der Waals surface area contributed by atoms with Crippen LogP contribution in [-0.2, 0) is 6.54 Å². The lowest BCUT2D eigenvalue weighted by molar-refractivity contribution is 0.251. The van der Waals surface area contributed by atoms with E-state index in [1.165, 1.54) is 0 Å². The predicted molar refractivity (Wildman–Crippen MR) is 70.4 cm³/mol. The SMILES string of the molecule is CN1CCC(c2nc3cccc(CN)n3n2)CC1. The average Bonchev–Trinajstić information content (AvgIpc) is 2.83. The summed E-state index contributed by atoms with van der Waals surface area (Å²) >= 11 is 0. The molecular formula is C13H19N5. The van der Waals surface area contributed by atoms with Crippen molar-refractivity contribution in [1.82, 2.24) is 19.5 Å². The van der Waals surface area contributed by atoms with Gasteiger partial charge in [0.1, 0.15) is 0 Å². The van der Waals surface area contributed by atoms with Crippen molar-refractivity contribution in [2.45, 2.75) is 25.3 Å². The van der Waals surface area contributed by atoms with Crippen LogP contribution in [0.4, 0.5) is 0 Å². The Balaban J connectivity index is 1.93. The van der Waals surface area contributed by atoms with Gasteiger partial charge >= 0.3 is 0 Å². The fourth-order valence-electron chi connectivity index (χ4n) is 2.57. The van der Waals surface area contributed by atoms with Gasteiger partial charge in [-0.3, -0.25) is 0 Å². The van der Waals surface area contributed by atoms with Gasteiger partial charge in [0, 0.05) is 12.5 Å². The van der Waals surface area contributed by atoms with Crippen molar-refractivity contribution >= 4 is 5.65 Å². The molecule has 2 aromatic heterocycles. The number of pyridine rings is 1. The number of hydrogen-bond donors (Lipinski definition) is 1. The Bertz CT molecular complexity index is 539. The Morgan fingerprint density at radius 2 is 2.11 bits per heavy atom. The van der Waals surface area contributed by atoms with E-state index in [4.69, 9.17) is 5.73 Å². The molecule has 3 rings (SSSR count). The Kier molecular flexibility index (Phi) is 3.01. The van der Waals surface area contributed by atoms with Crippen molar-refractivity contribution in [2.24, 2.45) is 5.73 Å². The first-order valence-corrected chi connectivity index (χ1v) is 6.51. The number of piperidine rings is 1. The fourth-order valence-corrected chi connectivity index (χ4v) is 2.57. The van der Waals surface area contributed by atoms with Crippen molar-refractivity contribution in [3.63, 3.8) is 0 Å². The highest BCUT2D eigenvalue weighted by Gasteiger charge is 2.22. The van der Waals surface area contributed by atoms with E-state index in [1.807, 2.05) is 22.7 Å². The predicted octanol–water partition coefficient (Wildman–Crippen LogP) is 0.997. The summed E-state index contributed by atoms with van der Waals surface area (Å²) in [7, 11) is 2.17. The molecule has 1 saturated heterocycles. The topological polar surface area (TPSA) is 59.5 Å². The zero-order valence-electron chi connectivity index (χ0n) is 10.7. The van der Waals surface area contributed by atoms with E-state index in [1.54, 1.807) is 0 Å². The second kappa shape index (κ2) is 4.66. The molecule has 0 amide bonds. The van der Waals surface area contributed by atoms with Crippen LogP contribution in [0.3, 0.4) is 0 Å². The smallest absolute Gasteiger partial charge is 0.155 e. The van der Waals surface area contributed by atoms with Gasteiger partial charge in [-0.05, 0) is 45.1 Å². The molecule has 1 aliphatic heterocycles. The molecule has 1 fully saturated rings. The van der Waals surface area contributed by atoms with E-state index in [2.05, 4.69) is 22.0 Å². The Morgan fingerprint density at radius 1 is 1.33 bits per heavy atom. The lowest BCUT2D eigenvalue weighted by atomic mass is 9.97. The van der Waals surface area contributed by atoms with Gasteiger partial charge in [-0.15, -0.1) is 0 Å². The molecule has 2 N–H and O–H groups in total. The molecule has 5 heteroatoms. The van der Waals surface area contributed by atoms with Crippen LogP contribution in [0.2, 0.25) is 0 Å². The summed E-state index contributed by atoms with van der Waals surface area (Å²) in [4.78, 5) is 7.01. The molecule has 1 aliphatic rings. The van der Waals surface area contributed by atoms with Gasteiger partial charge in [-0.1, -0.05) is 6.07 Å². The van der Waals surface area contributed by atoms with Gasteiger partial charge in [0.25, 0.3) is 0 Å². The third kappa shape index (κ3) is 2.00. The summed E-state index contributed by atoms with van der Waals surface area (Å²) in [6, 6.07) is 5.98. The summed E-state index contributed by atoms with van der Waals surface area (Å²) in [5, 5.41) is 4.64. The summed E-state index contributed by atoms with van der Waals surface area (Å²) in [5.41, 5.74) is 7.65. The number of nitrogens with two attached hydrogens (primary N) is 1. The summed E-state index contributed by atoms with van der Waals surface area (Å²) in [6.07, 6.45) is 2.29. The highest BCUT2D eigenvalue weighted by molar-refractivity contribution is 5.39. The van der Waals surface area contributed by atoms with E-state index < -0.39 is 0 Å². The van der Waals surface area contributed by atoms with Crippen LogP contribution in [0.15, 0.2) is 18.2 Å². The van der Waals surface area contributed by atoms with Crippen LogP contribution >= 0.6 is 0 Å². The molecule has 0 saturated carbocycles. The highest BCUT2D eigenvalue weighted by Crippen LogP contribution is 2.25. The largest absolute Gasteiger partial charge is 0.325 e. The van der Waals surface area contributed by atoms with Crippen LogP contribution in [0, 0.1) is 0 Å². The van der Waals surface area contributed by atoms with E-state index in [0.29, 0.717) is 12.5 Å². The molecular weight excluding hydrogens is 226 g/mol. The van der Waals surface area contributed by atoms with E-state index in [9.17, 15) is 0 Å². The minimum Gasteiger partial charge on any atom is -0.325 e. The van der Waals surface area contributed by atoms with Crippen molar-refractivity contribution in [2.75, 3.05) is 20.1 Å². The van der Waals surface area contributed by atoms with Gasteiger partial charge in [0.2, 0.25) is 0 Å². The first kappa shape index (κ1) is 11.6. The fraction of sp³-hybridized carbons (Fsp3) is 0.538. The normalized spacial score (nSPS) is 18.6. The van der Waals surface area contributed by atoms with Crippen molar-refractivity contribution in [1.29, 1.82) is 0 Å². The minimum absolute atomic E-state index is 0.492. The molecule has 0 unspecified atom stereocenters. The van der Waals surface area contributed by atoms with Crippen LogP contribution in [0.5, 0.6) is 0 Å². The lowest BCUT2D eigenvalue weighted by Crippen LogP contribution is -2.29. The third-order valence-corrected chi connectivity index (χ3v) is 3.75. The molecule has 18 heavy (non-hydrogen) atoms. The maximum Gasteiger partial charge on any atom is 0.155 e. The molecule has 0 radical (unpaired) electrons. The number of aromatic nitrogens is 3. The molecule has 96 valence electrons. The van der Waals surface area contributed by atoms with Gasteiger partial charge in [-0.2, -0.15) is 5.10 Å². The number of rotatable bonds is 2. The Labute approximate surface area is 107 Å². The van der Waals surface area contributed by atoms with Crippen LogP contribution in [0.1, 0.15) is 30.3 Å². The van der Waals surface area contributed by atoms with Gasteiger partial charge < -0.3 is 10.6 Å². The third-order valence-electron chi connectivity index (χ3n) is 3.75. The number of nitrogens with zero attached hydrogens (tertiary/aromatic N) is 4. The van der Waals surface area contributed by atoms with Crippen LogP contribution < -0.4 is 5.73 Å². The zero-order chi connectivity index (χ0) is 12.5. The van der Waals surface area contributed by atoms with Crippen LogP contribution in [0.25, 0.3) is 5.65 Å². The molecule has 0 atom stereocenters. The quantitative estimate of drug-likeness (QED) is 0.857. The number of fused-ring (bicyclic) bond motifs is 1. The molecule has 0 aliphatic carbocycles.